The van der Waals surface area contributed by atoms with Crippen LogP contribution in [0.4, 0.5) is 0 Å². The zero-order valence-electron chi connectivity index (χ0n) is 10.3. The van der Waals surface area contributed by atoms with E-state index < -0.39 is 0 Å². The summed E-state index contributed by atoms with van der Waals surface area (Å²) in [5.41, 5.74) is 1.18. The van der Waals surface area contributed by atoms with Gasteiger partial charge in [0.1, 0.15) is 0 Å². The molecule has 0 saturated carbocycles. The summed E-state index contributed by atoms with van der Waals surface area (Å²) in [5, 5.41) is 12.9. The second-order valence-electron chi connectivity index (χ2n) is 4.39. The highest BCUT2D eigenvalue weighted by molar-refractivity contribution is 5.41. The summed E-state index contributed by atoms with van der Waals surface area (Å²) in [6.45, 7) is 5.27. The average molecular weight is 236 g/mol. The number of ether oxygens (including phenoxy) is 1. The van der Waals surface area contributed by atoms with E-state index in [-0.39, 0.29) is 5.75 Å². The van der Waals surface area contributed by atoms with Crippen LogP contribution in [0.1, 0.15) is 12.0 Å². The molecule has 0 unspecified atom stereocenters. The number of benzene rings is 1. The number of nitrogens with one attached hydrogen (secondary N) is 1. The second kappa shape index (κ2) is 5.89. The maximum absolute atomic E-state index is 9.54. The zero-order chi connectivity index (χ0) is 12.1. The maximum Gasteiger partial charge on any atom is 0.160 e. The van der Waals surface area contributed by atoms with Crippen LogP contribution in [-0.4, -0.2) is 43.3 Å². The van der Waals surface area contributed by atoms with E-state index in [1.54, 1.807) is 13.2 Å². The van der Waals surface area contributed by atoms with Crippen LogP contribution >= 0.6 is 0 Å². The second-order valence-corrected chi connectivity index (χ2v) is 4.39. The van der Waals surface area contributed by atoms with Gasteiger partial charge >= 0.3 is 0 Å². The summed E-state index contributed by atoms with van der Waals surface area (Å²) in [6.07, 6.45) is 1.19. The topological polar surface area (TPSA) is 44.7 Å². The van der Waals surface area contributed by atoms with E-state index in [1.807, 2.05) is 12.1 Å². The van der Waals surface area contributed by atoms with Gasteiger partial charge in [0.25, 0.3) is 0 Å². The first-order valence-corrected chi connectivity index (χ1v) is 6.08. The van der Waals surface area contributed by atoms with Crippen LogP contribution in [0.15, 0.2) is 18.2 Å². The van der Waals surface area contributed by atoms with Crippen molar-refractivity contribution < 1.29 is 9.84 Å². The van der Waals surface area contributed by atoms with Crippen LogP contribution < -0.4 is 10.1 Å². The van der Waals surface area contributed by atoms with E-state index in [0.29, 0.717) is 5.75 Å². The molecule has 2 N–H and O–H groups in total. The third-order valence-electron chi connectivity index (χ3n) is 3.08. The lowest BCUT2D eigenvalue weighted by Crippen LogP contribution is -2.27. The molecule has 0 aliphatic carbocycles. The van der Waals surface area contributed by atoms with Crippen molar-refractivity contribution in [3.63, 3.8) is 0 Å². The first-order chi connectivity index (χ1) is 8.29. The Labute approximate surface area is 102 Å². The van der Waals surface area contributed by atoms with Gasteiger partial charge in [-0.2, -0.15) is 0 Å². The van der Waals surface area contributed by atoms with Gasteiger partial charge in [-0.3, -0.25) is 4.90 Å². The molecule has 0 spiro atoms. The number of hydrogen-bond acceptors (Lipinski definition) is 4. The fraction of sp³-hybridized carbons (Fsp3) is 0.538. The van der Waals surface area contributed by atoms with E-state index in [9.17, 15) is 5.11 Å². The summed E-state index contributed by atoms with van der Waals surface area (Å²) in [7, 11) is 1.58. The molecular weight excluding hydrogens is 216 g/mol. The van der Waals surface area contributed by atoms with E-state index in [1.165, 1.54) is 12.0 Å². The Hall–Kier alpha value is -1.26. The van der Waals surface area contributed by atoms with Crippen molar-refractivity contribution in [1.29, 1.82) is 0 Å². The van der Waals surface area contributed by atoms with Crippen molar-refractivity contribution in [3.05, 3.63) is 23.8 Å². The molecule has 1 aromatic carbocycles. The number of hydrogen-bond donors (Lipinski definition) is 2. The smallest absolute Gasteiger partial charge is 0.160 e. The van der Waals surface area contributed by atoms with Crippen LogP contribution in [0.2, 0.25) is 0 Å². The minimum atomic E-state index is 0.203. The number of rotatable bonds is 3. The molecule has 0 radical (unpaired) electrons. The number of phenols is 1. The number of methoxy groups -OCH3 is 1. The molecule has 1 aromatic rings. The maximum atomic E-state index is 9.54. The van der Waals surface area contributed by atoms with Crippen molar-refractivity contribution in [2.45, 2.75) is 13.0 Å². The molecule has 0 aromatic heterocycles. The van der Waals surface area contributed by atoms with Gasteiger partial charge in [0.15, 0.2) is 11.5 Å². The highest BCUT2D eigenvalue weighted by Gasteiger charge is 2.10. The number of phenolic OH excluding ortho intramolecular Hbond substituents is 1. The van der Waals surface area contributed by atoms with E-state index >= 15 is 0 Å². The predicted molar refractivity (Wildman–Crippen MR) is 67.4 cm³/mol. The largest absolute Gasteiger partial charge is 0.504 e. The quantitative estimate of drug-likeness (QED) is 0.827. The monoisotopic (exact) mass is 236 g/mol. The van der Waals surface area contributed by atoms with Crippen LogP contribution in [0.5, 0.6) is 11.5 Å². The Kier molecular flexibility index (Phi) is 4.23. The summed E-state index contributed by atoms with van der Waals surface area (Å²) in [4.78, 5) is 2.42. The fourth-order valence-corrected chi connectivity index (χ4v) is 2.14. The summed E-state index contributed by atoms with van der Waals surface area (Å²) >= 11 is 0. The molecule has 1 fully saturated rings. The summed E-state index contributed by atoms with van der Waals surface area (Å²) < 4.78 is 5.12. The standard InChI is InChI=1S/C13H20N2O2/c1-17-13-9-11(3-4-12(13)16)10-15-7-2-5-14-6-8-15/h3-4,9,14,16H,2,5-8,10H2,1H3. The van der Waals surface area contributed by atoms with Gasteiger partial charge in [-0.05, 0) is 37.2 Å². The molecule has 1 aliphatic rings. The molecular formula is C13H20N2O2. The van der Waals surface area contributed by atoms with Gasteiger partial charge in [-0.25, -0.2) is 0 Å². The van der Waals surface area contributed by atoms with Crippen LogP contribution in [-0.2, 0) is 6.54 Å². The molecule has 94 valence electrons. The molecule has 0 bridgehead atoms. The summed E-state index contributed by atoms with van der Waals surface area (Å²) in [5.74, 6) is 0.754. The highest BCUT2D eigenvalue weighted by Crippen LogP contribution is 2.26. The lowest BCUT2D eigenvalue weighted by Gasteiger charge is -2.19. The number of aromatic hydroxyl groups is 1. The van der Waals surface area contributed by atoms with Crippen molar-refractivity contribution in [2.24, 2.45) is 0 Å². The molecule has 1 saturated heterocycles. The molecule has 4 heteroatoms. The van der Waals surface area contributed by atoms with Crippen molar-refractivity contribution in [3.8, 4) is 11.5 Å². The normalized spacial score (nSPS) is 17.7. The lowest BCUT2D eigenvalue weighted by atomic mass is 10.2. The third-order valence-corrected chi connectivity index (χ3v) is 3.08. The lowest BCUT2D eigenvalue weighted by molar-refractivity contribution is 0.283. The first kappa shape index (κ1) is 12.2. The Bertz CT molecular complexity index is 360. The van der Waals surface area contributed by atoms with Crippen molar-refractivity contribution >= 4 is 0 Å². The van der Waals surface area contributed by atoms with E-state index in [2.05, 4.69) is 10.2 Å². The van der Waals surface area contributed by atoms with E-state index in [4.69, 9.17) is 4.74 Å². The third kappa shape index (κ3) is 3.35. The van der Waals surface area contributed by atoms with Gasteiger partial charge in [0.2, 0.25) is 0 Å². The molecule has 4 nitrogen and oxygen atoms in total. The highest BCUT2D eigenvalue weighted by atomic mass is 16.5. The minimum Gasteiger partial charge on any atom is -0.504 e. The molecule has 0 atom stereocenters. The molecule has 1 heterocycles. The van der Waals surface area contributed by atoms with Gasteiger partial charge in [0, 0.05) is 19.6 Å². The van der Waals surface area contributed by atoms with E-state index in [0.717, 1.165) is 32.7 Å². The zero-order valence-corrected chi connectivity index (χ0v) is 10.3. The molecule has 1 aliphatic heterocycles. The SMILES string of the molecule is COc1cc(CN2CCCNCC2)ccc1O. The van der Waals surface area contributed by atoms with Gasteiger partial charge in [-0.1, -0.05) is 6.07 Å². The predicted octanol–water partition coefficient (Wildman–Crippen LogP) is 1.20. The number of nitrogens with zero attached hydrogens (tertiary/aromatic N) is 1. The van der Waals surface area contributed by atoms with Crippen molar-refractivity contribution in [2.75, 3.05) is 33.3 Å². The fourth-order valence-electron chi connectivity index (χ4n) is 2.14. The molecule has 2 rings (SSSR count). The Morgan fingerprint density at radius 3 is 3.06 bits per heavy atom. The molecule has 0 amide bonds. The van der Waals surface area contributed by atoms with Gasteiger partial charge in [0.05, 0.1) is 7.11 Å². The van der Waals surface area contributed by atoms with Crippen LogP contribution in [0, 0.1) is 0 Å². The van der Waals surface area contributed by atoms with Gasteiger partial charge in [-0.15, -0.1) is 0 Å². The average Bonchev–Trinajstić information content (AvgIpc) is 2.60. The Balaban J connectivity index is 2.01. The van der Waals surface area contributed by atoms with Gasteiger partial charge < -0.3 is 15.2 Å². The summed E-state index contributed by atoms with van der Waals surface area (Å²) in [6, 6.07) is 5.56. The first-order valence-electron chi connectivity index (χ1n) is 6.08. The molecule has 17 heavy (non-hydrogen) atoms. The Morgan fingerprint density at radius 2 is 2.24 bits per heavy atom. The Morgan fingerprint density at radius 1 is 1.35 bits per heavy atom. The van der Waals surface area contributed by atoms with Crippen LogP contribution in [0.25, 0.3) is 0 Å². The minimum absolute atomic E-state index is 0.203. The van der Waals surface area contributed by atoms with Crippen LogP contribution in [0.3, 0.4) is 0 Å². The van der Waals surface area contributed by atoms with Crippen molar-refractivity contribution in [1.82, 2.24) is 10.2 Å².